The van der Waals surface area contributed by atoms with Crippen molar-refractivity contribution in [2.24, 2.45) is 5.92 Å². The van der Waals surface area contributed by atoms with E-state index < -0.39 is 5.92 Å². The maximum atomic E-state index is 11.9. The van der Waals surface area contributed by atoms with Crippen LogP contribution in [-0.4, -0.2) is 27.4 Å². The molecule has 0 saturated carbocycles. The van der Waals surface area contributed by atoms with Crippen LogP contribution in [0.4, 0.5) is 0 Å². The average molecular weight is 356 g/mol. The third-order valence-electron chi connectivity index (χ3n) is 3.63. The van der Waals surface area contributed by atoms with Gasteiger partial charge < -0.3 is 9.83 Å². The quantitative estimate of drug-likeness (QED) is 0.622. The first-order valence-corrected chi connectivity index (χ1v) is 8.75. The summed E-state index contributed by atoms with van der Waals surface area (Å²) in [6, 6.07) is 9.74. The molecule has 1 aromatic carbocycles. The number of thioether (sulfide) groups is 1. The SMILES string of the molecule is CC(=N)C(C#N)C(=O)CSc1nnc(-c2ccc(C(C)(C)C)cc2)o1. The van der Waals surface area contributed by atoms with Crippen molar-refractivity contribution in [1.29, 1.82) is 10.7 Å². The predicted octanol–water partition coefficient (Wildman–Crippen LogP) is 3.87. The van der Waals surface area contributed by atoms with Crippen LogP contribution in [0.15, 0.2) is 33.9 Å². The van der Waals surface area contributed by atoms with Gasteiger partial charge in [-0.1, -0.05) is 44.7 Å². The predicted molar refractivity (Wildman–Crippen MR) is 96.7 cm³/mol. The molecule has 0 amide bonds. The van der Waals surface area contributed by atoms with Crippen LogP contribution in [0.1, 0.15) is 33.3 Å². The summed E-state index contributed by atoms with van der Waals surface area (Å²) in [6.07, 6.45) is 0. The molecule has 2 aromatic rings. The molecular formula is C18H20N4O2S. The maximum Gasteiger partial charge on any atom is 0.277 e. The largest absolute Gasteiger partial charge is 0.411 e. The number of aromatic nitrogens is 2. The Morgan fingerprint density at radius 3 is 2.48 bits per heavy atom. The van der Waals surface area contributed by atoms with Crippen LogP contribution in [0.2, 0.25) is 0 Å². The molecule has 0 aliphatic rings. The molecule has 130 valence electrons. The summed E-state index contributed by atoms with van der Waals surface area (Å²) in [5.41, 5.74) is 2.13. The number of hydrogen-bond acceptors (Lipinski definition) is 7. The van der Waals surface area contributed by atoms with Crippen LogP contribution in [0.5, 0.6) is 0 Å². The molecule has 2 rings (SSSR count). The highest BCUT2D eigenvalue weighted by Gasteiger charge is 2.21. The van der Waals surface area contributed by atoms with Crippen molar-refractivity contribution in [3.8, 4) is 17.5 Å². The highest BCUT2D eigenvalue weighted by atomic mass is 32.2. The Bertz CT molecular complexity index is 813. The second-order valence-electron chi connectivity index (χ2n) is 6.70. The monoisotopic (exact) mass is 356 g/mol. The van der Waals surface area contributed by atoms with Gasteiger partial charge in [-0.25, -0.2) is 0 Å². The van der Waals surface area contributed by atoms with Crippen LogP contribution in [0.3, 0.4) is 0 Å². The zero-order valence-electron chi connectivity index (χ0n) is 14.7. The molecule has 1 atom stereocenters. The summed E-state index contributed by atoms with van der Waals surface area (Å²) in [4.78, 5) is 11.9. The van der Waals surface area contributed by atoms with Crippen LogP contribution in [0.25, 0.3) is 11.5 Å². The van der Waals surface area contributed by atoms with E-state index in [9.17, 15) is 4.79 Å². The number of ketones is 1. The van der Waals surface area contributed by atoms with Crippen LogP contribution in [0, 0.1) is 22.7 Å². The minimum absolute atomic E-state index is 0.0129. The summed E-state index contributed by atoms with van der Waals surface area (Å²) in [5, 5.41) is 24.6. The maximum absolute atomic E-state index is 11.9. The van der Waals surface area contributed by atoms with E-state index >= 15 is 0 Å². The average Bonchev–Trinajstić information content (AvgIpc) is 3.01. The first kappa shape index (κ1) is 18.9. The molecule has 0 radical (unpaired) electrons. The van der Waals surface area contributed by atoms with E-state index in [0.717, 1.165) is 17.3 Å². The van der Waals surface area contributed by atoms with Gasteiger partial charge in [-0.3, -0.25) is 4.79 Å². The summed E-state index contributed by atoms with van der Waals surface area (Å²) in [7, 11) is 0. The van der Waals surface area contributed by atoms with E-state index in [1.54, 1.807) is 0 Å². The molecule has 25 heavy (non-hydrogen) atoms. The molecule has 1 aromatic heterocycles. The van der Waals surface area contributed by atoms with Gasteiger partial charge in [-0.15, -0.1) is 10.2 Å². The van der Waals surface area contributed by atoms with E-state index in [1.807, 2.05) is 30.3 Å². The fourth-order valence-corrected chi connectivity index (χ4v) is 2.79. The lowest BCUT2D eigenvalue weighted by atomic mass is 9.87. The summed E-state index contributed by atoms with van der Waals surface area (Å²) in [6.45, 7) is 7.88. The van der Waals surface area contributed by atoms with E-state index in [2.05, 4.69) is 31.0 Å². The molecule has 6 nitrogen and oxygen atoms in total. The summed E-state index contributed by atoms with van der Waals surface area (Å²) < 4.78 is 5.57. The molecular weight excluding hydrogens is 336 g/mol. The number of rotatable bonds is 6. The third kappa shape index (κ3) is 4.77. The molecule has 1 heterocycles. The molecule has 0 saturated heterocycles. The fraction of sp³-hybridized carbons (Fsp3) is 0.389. The normalized spacial score (nSPS) is 12.4. The number of hydrogen-bond donors (Lipinski definition) is 1. The number of benzene rings is 1. The van der Waals surface area contributed by atoms with Crippen LogP contribution >= 0.6 is 11.8 Å². The smallest absolute Gasteiger partial charge is 0.277 e. The lowest BCUT2D eigenvalue weighted by molar-refractivity contribution is -0.117. The van der Waals surface area contributed by atoms with Gasteiger partial charge in [0.15, 0.2) is 5.78 Å². The lowest BCUT2D eigenvalue weighted by Gasteiger charge is -2.18. The van der Waals surface area contributed by atoms with Crippen LogP contribution < -0.4 is 0 Å². The van der Waals surface area contributed by atoms with Gasteiger partial charge in [0.25, 0.3) is 5.22 Å². The van der Waals surface area contributed by atoms with Crippen molar-refractivity contribution < 1.29 is 9.21 Å². The molecule has 0 spiro atoms. The molecule has 7 heteroatoms. The van der Waals surface area contributed by atoms with E-state index in [1.165, 1.54) is 12.5 Å². The first-order chi connectivity index (χ1) is 11.7. The van der Waals surface area contributed by atoms with Crippen molar-refractivity contribution in [1.82, 2.24) is 10.2 Å². The number of nitrogens with zero attached hydrogens (tertiary/aromatic N) is 3. The number of carbonyl (C=O) groups is 1. The Kier molecular flexibility index (Phi) is 5.75. The minimum atomic E-state index is -1.01. The van der Waals surface area contributed by atoms with Crippen molar-refractivity contribution in [3.05, 3.63) is 29.8 Å². The summed E-state index contributed by atoms with van der Waals surface area (Å²) >= 11 is 1.07. The topological polar surface area (TPSA) is 104 Å². The van der Waals surface area contributed by atoms with Crippen molar-refractivity contribution in [3.63, 3.8) is 0 Å². The Labute approximate surface area is 151 Å². The molecule has 0 aliphatic carbocycles. The molecule has 0 fully saturated rings. The van der Waals surface area contributed by atoms with Gasteiger partial charge in [-0.2, -0.15) is 5.26 Å². The molecule has 0 bridgehead atoms. The minimum Gasteiger partial charge on any atom is -0.411 e. The van der Waals surface area contributed by atoms with Gasteiger partial charge in [0.2, 0.25) is 5.89 Å². The van der Waals surface area contributed by atoms with E-state index in [-0.39, 0.29) is 27.9 Å². The first-order valence-electron chi connectivity index (χ1n) is 7.77. The standard InChI is InChI=1S/C18H20N4O2S/c1-11(20)14(9-19)15(23)10-25-17-22-21-16(24-17)12-5-7-13(8-6-12)18(2,3)4/h5-8,14,20H,10H2,1-4H3. The Morgan fingerprint density at radius 1 is 1.32 bits per heavy atom. The highest BCUT2D eigenvalue weighted by Crippen LogP contribution is 2.27. The molecule has 0 aliphatic heterocycles. The number of carbonyl (C=O) groups excluding carboxylic acids is 1. The van der Waals surface area contributed by atoms with Crippen LogP contribution in [-0.2, 0) is 10.2 Å². The van der Waals surface area contributed by atoms with Crippen molar-refractivity contribution in [2.45, 2.75) is 38.3 Å². The Morgan fingerprint density at radius 2 is 1.96 bits per heavy atom. The van der Waals surface area contributed by atoms with Gasteiger partial charge in [0.1, 0.15) is 5.92 Å². The van der Waals surface area contributed by atoms with Gasteiger partial charge in [0, 0.05) is 11.3 Å². The number of nitrogens with one attached hydrogen (secondary N) is 1. The van der Waals surface area contributed by atoms with E-state index in [0.29, 0.717) is 5.89 Å². The van der Waals surface area contributed by atoms with E-state index in [4.69, 9.17) is 15.1 Å². The third-order valence-corrected chi connectivity index (χ3v) is 4.47. The van der Waals surface area contributed by atoms with Gasteiger partial charge in [-0.05, 0) is 30.0 Å². The Balaban J connectivity index is 2.04. The Hall–Kier alpha value is -2.46. The second-order valence-corrected chi connectivity index (χ2v) is 7.63. The zero-order valence-corrected chi connectivity index (χ0v) is 15.5. The molecule has 1 unspecified atom stereocenters. The van der Waals surface area contributed by atoms with Gasteiger partial charge >= 0.3 is 0 Å². The number of Topliss-reactive ketones (excluding diaryl/α,β-unsaturated/α-hetero) is 1. The molecule has 1 N–H and O–H groups in total. The number of nitriles is 1. The van der Waals surface area contributed by atoms with Gasteiger partial charge in [0.05, 0.1) is 11.8 Å². The highest BCUT2D eigenvalue weighted by molar-refractivity contribution is 7.99. The van der Waals surface area contributed by atoms with Crippen molar-refractivity contribution in [2.75, 3.05) is 5.75 Å². The summed E-state index contributed by atoms with van der Waals surface area (Å²) in [5.74, 6) is -0.955. The zero-order chi connectivity index (χ0) is 18.6. The fourth-order valence-electron chi connectivity index (χ4n) is 2.12. The second kappa shape index (κ2) is 7.62. The lowest BCUT2D eigenvalue weighted by Crippen LogP contribution is -2.21. The van der Waals surface area contributed by atoms with Crippen molar-refractivity contribution >= 4 is 23.3 Å².